The number of rotatable bonds is 7. The van der Waals surface area contributed by atoms with Gasteiger partial charge in [-0.25, -0.2) is 0 Å². The average molecular weight is 455 g/mol. The Balaban J connectivity index is 2.27. The molecule has 166 valence electrons. The summed E-state index contributed by atoms with van der Waals surface area (Å²) in [6, 6.07) is 7.06. The summed E-state index contributed by atoms with van der Waals surface area (Å²) in [5, 5.41) is 0. The average Bonchev–Trinajstić information content (AvgIpc) is 2.50. The summed E-state index contributed by atoms with van der Waals surface area (Å²) < 4.78 is 62.1. The number of benzene rings is 2. The highest BCUT2D eigenvalue weighted by atomic mass is 32.2. The Labute approximate surface area is 180 Å². The van der Waals surface area contributed by atoms with Gasteiger partial charge >= 0.3 is 0 Å². The molecule has 0 aliphatic carbocycles. The highest BCUT2D eigenvalue weighted by Gasteiger charge is 2.31. The van der Waals surface area contributed by atoms with Crippen LogP contribution in [-0.4, -0.2) is 29.0 Å². The summed E-state index contributed by atoms with van der Waals surface area (Å²) in [5.41, 5.74) is 4.20. The molecule has 0 aliphatic heterocycles. The molecule has 0 heterocycles. The molecule has 0 bridgehead atoms. The second-order valence-corrected chi connectivity index (χ2v) is 11.0. The van der Waals surface area contributed by atoms with E-state index in [1.807, 2.05) is 13.8 Å². The lowest BCUT2D eigenvalue weighted by Crippen LogP contribution is -2.31. The van der Waals surface area contributed by atoms with Gasteiger partial charge < -0.3 is 0 Å². The largest absolute Gasteiger partial charge is 0.297 e. The molecule has 30 heavy (non-hydrogen) atoms. The summed E-state index contributed by atoms with van der Waals surface area (Å²) in [6.45, 7) is 13.5. The molecule has 0 saturated carbocycles. The van der Waals surface area contributed by atoms with Crippen LogP contribution in [0.4, 0.5) is 0 Å². The molecule has 6 nitrogen and oxygen atoms in total. The van der Waals surface area contributed by atoms with Crippen molar-refractivity contribution in [2.24, 2.45) is 0 Å². The molecule has 2 aromatic rings. The van der Waals surface area contributed by atoms with Crippen LogP contribution >= 0.6 is 0 Å². The van der Waals surface area contributed by atoms with Crippen molar-refractivity contribution in [1.82, 2.24) is 0 Å². The lowest BCUT2D eigenvalue weighted by Gasteiger charge is -2.22. The van der Waals surface area contributed by atoms with E-state index < -0.39 is 32.4 Å². The van der Waals surface area contributed by atoms with Gasteiger partial charge in [-0.05, 0) is 77.6 Å². The first-order valence-corrected chi connectivity index (χ1v) is 12.5. The number of hydrogen-bond donors (Lipinski definition) is 0. The van der Waals surface area contributed by atoms with Gasteiger partial charge in [0.2, 0.25) is 0 Å². The van der Waals surface area contributed by atoms with Crippen molar-refractivity contribution in [3.05, 3.63) is 57.6 Å². The third-order valence-corrected chi connectivity index (χ3v) is 8.33. The third kappa shape index (κ3) is 5.29. The molecule has 8 heteroatoms. The van der Waals surface area contributed by atoms with E-state index in [0.29, 0.717) is 22.3 Å². The SMILES string of the molecule is Cc1cc(C)c(S(=O)(=O)OC(C)C(C)OS(=O)(=O)c2c(C)cc(C)cc2C)c(C)c1. The Bertz CT molecular complexity index is 1020. The van der Waals surface area contributed by atoms with Gasteiger partial charge in [0.05, 0.1) is 9.79 Å². The maximum Gasteiger partial charge on any atom is 0.297 e. The van der Waals surface area contributed by atoms with Crippen LogP contribution < -0.4 is 0 Å². The molecular formula is C22H30O6S2. The molecule has 0 amide bonds. The van der Waals surface area contributed by atoms with E-state index in [1.165, 1.54) is 13.8 Å². The quantitative estimate of drug-likeness (QED) is 0.576. The number of aryl methyl sites for hydroxylation is 6. The molecule has 0 radical (unpaired) electrons. The fourth-order valence-electron chi connectivity index (χ4n) is 3.77. The van der Waals surface area contributed by atoms with Gasteiger partial charge in [0.15, 0.2) is 0 Å². The highest BCUT2D eigenvalue weighted by molar-refractivity contribution is 7.87. The molecule has 0 fully saturated rings. The lowest BCUT2D eigenvalue weighted by molar-refractivity contribution is 0.0869. The predicted octanol–water partition coefficient (Wildman–Crippen LogP) is 4.42. The van der Waals surface area contributed by atoms with Crippen LogP contribution in [-0.2, 0) is 28.6 Å². The molecule has 2 aromatic carbocycles. The van der Waals surface area contributed by atoms with Gasteiger partial charge in [-0.15, -0.1) is 0 Å². The van der Waals surface area contributed by atoms with E-state index in [4.69, 9.17) is 8.37 Å². The van der Waals surface area contributed by atoms with E-state index in [-0.39, 0.29) is 9.79 Å². The minimum Gasteiger partial charge on any atom is -0.261 e. The maximum absolute atomic E-state index is 12.9. The summed E-state index contributed by atoms with van der Waals surface area (Å²) in [5.74, 6) is 0. The zero-order chi connectivity index (χ0) is 23.0. The lowest BCUT2D eigenvalue weighted by atomic mass is 10.1. The van der Waals surface area contributed by atoms with Crippen LogP contribution in [0.1, 0.15) is 47.2 Å². The Morgan fingerprint density at radius 1 is 0.567 bits per heavy atom. The molecular weight excluding hydrogens is 424 g/mol. The Morgan fingerprint density at radius 2 is 0.800 bits per heavy atom. The van der Waals surface area contributed by atoms with Crippen LogP contribution in [0, 0.1) is 41.5 Å². The topological polar surface area (TPSA) is 86.7 Å². The van der Waals surface area contributed by atoms with E-state index in [0.717, 1.165) is 11.1 Å². The van der Waals surface area contributed by atoms with Crippen LogP contribution in [0.3, 0.4) is 0 Å². The maximum atomic E-state index is 12.9. The van der Waals surface area contributed by atoms with Gasteiger partial charge in [0, 0.05) is 0 Å². The zero-order valence-electron chi connectivity index (χ0n) is 18.7. The summed E-state index contributed by atoms with van der Waals surface area (Å²) in [7, 11) is -8.20. The number of hydrogen-bond acceptors (Lipinski definition) is 6. The van der Waals surface area contributed by atoms with E-state index in [2.05, 4.69) is 0 Å². The first kappa shape index (κ1) is 24.5. The second-order valence-electron chi connectivity index (χ2n) is 7.97. The molecule has 2 rings (SSSR count). The molecule has 0 aliphatic rings. The van der Waals surface area contributed by atoms with Crippen molar-refractivity contribution in [1.29, 1.82) is 0 Å². The molecule has 2 atom stereocenters. The molecule has 0 spiro atoms. The van der Waals surface area contributed by atoms with Gasteiger partial charge in [-0.3, -0.25) is 8.37 Å². The summed E-state index contributed by atoms with van der Waals surface area (Å²) >= 11 is 0. The van der Waals surface area contributed by atoms with Crippen LogP contribution in [0.25, 0.3) is 0 Å². The van der Waals surface area contributed by atoms with Gasteiger partial charge in [0.25, 0.3) is 20.2 Å². The van der Waals surface area contributed by atoms with Crippen molar-refractivity contribution >= 4 is 20.2 Å². The fraction of sp³-hybridized carbons (Fsp3) is 0.455. The van der Waals surface area contributed by atoms with Gasteiger partial charge in [-0.1, -0.05) is 35.4 Å². The predicted molar refractivity (Wildman–Crippen MR) is 117 cm³/mol. The van der Waals surface area contributed by atoms with Crippen LogP contribution in [0.15, 0.2) is 34.1 Å². The summed E-state index contributed by atoms with van der Waals surface area (Å²) in [4.78, 5) is 0.195. The fourth-order valence-corrected chi connectivity index (χ4v) is 6.89. The Kier molecular flexibility index (Phi) is 7.18. The first-order chi connectivity index (χ1) is 13.7. The monoisotopic (exact) mass is 454 g/mol. The Hall–Kier alpha value is -1.74. The third-order valence-electron chi connectivity index (χ3n) is 4.93. The smallest absolute Gasteiger partial charge is 0.261 e. The molecule has 2 unspecified atom stereocenters. The Morgan fingerprint density at radius 3 is 1.03 bits per heavy atom. The molecule has 0 N–H and O–H groups in total. The normalized spacial score (nSPS) is 14.5. The highest BCUT2D eigenvalue weighted by Crippen LogP contribution is 2.28. The van der Waals surface area contributed by atoms with Crippen molar-refractivity contribution in [3.63, 3.8) is 0 Å². The van der Waals surface area contributed by atoms with E-state index >= 15 is 0 Å². The molecule has 0 aromatic heterocycles. The van der Waals surface area contributed by atoms with Crippen LogP contribution in [0.2, 0.25) is 0 Å². The van der Waals surface area contributed by atoms with Crippen molar-refractivity contribution in [2.45, 2.75) is 77.4 Å². The zero-order valence-corrected chi connectivity index (χ0v) is 20.4. The van der Waals surface area contributed by atoms with Crippen molar-refractivity contribution in [3.8, 4) is 0 Å². The van der Waals surface area contributed by atoms with E-state index in [1.54, 1.807) is 52.0 Å². The van der Waals surface area contributed by atoms with E-state index in [9.17, 15) is 16.8 Å². The standard InChI is InChI=1S/C22H30O6S2/c1-13-9-15(3)21(16(4)10-13)29(23,24)27-19(7)20(8)28-30(25,26)22-17(5)11-14(2)12-18(22)6/h9-12,19-20H,1-8H3. The molecule has 0 saturated heterocycles. The van der Waals surface area contributed by atoms with Crippen LogP contribution in [0.5, 0.6) is 0 Å². The van der Waals surface area contributed by atoms with Gasteiger partial charge in [0.1, 0.15) is 12.2 Å². The minimum atomic E-state index is -4.10. The minimum absolute atomic E-state index is 0.0974. The second kappa shape index (κ2) is 8.78. The van der Waals surface area contributed by atoms with Crippen molar-refractivity contribution in [2.75, 3.05) is 0 Å². The first-order valence-electron chi connectivity index (χ1n) is 9.68. The van der Waals surface area contributed by atoms with Crippen molar-refractivity contribution < 1.29 is 25.2 Å². The van der Waals surface area contributed by atoms with Gasteiger partial charge in [-0.2, -0.15) is 16.8 Å². The summed E-state index contributed by atoms with van der Waals surface area (Å²) in [6.07, 6.45) is -2.04.